The number of rotatable bonds is 1. The standard InChI is InChI=1S/C9H14O2/c1-5(2)7-4-8(10)9(11)6(7)3/h5,7,11H,4H2,1-3H3/t7-/m0/s1. The molecular formula is C9H14O2. The van der Waals surface area contributed by atoms with Gasteiger partial charge in [-0.2, -0.15) is 0 Å². The second-order valence-corrected chi connectivity index (χ2v) is 3.51. The van der Waals surface area contributed by atoms with Gasteiger partial charge >= 0.3 is 0 Å². The van der Waals surface area contributed by atoms with Gasteiger partial charge in [-0.3, -0.25) is 4.79 Å². The smallest absolute Gasteiger partial charge is 0.197 e. The third-order valence-electron chi connectivity index (χ3n) is 2.40. The van der Waals surface area contributed by atoms with Gasteiger partial charge in [-0.25, -0.2) is 0 Å². The van der Waals surface area contributed by atoms with Gasteiger partial charge in [0.25, 0.3) is 0 Å². The zero-order valence-corrected chi connectivity index (χ0v) is 7.22. The van der Waals surface area contributed by atoms with Crippen molar-refractivity contribution < 1.29 is 9.90 Å². The molecule has 1 aliphatic carbocycles. The zero-order chi connectivity index (χ0) is 8.59. The lowest BCUT2D eigenvalue weighted by Crippen LogP contribution is -2.07. The summed E-state index contributed by atoms with van der Waals surface area (Å²) >= 11 is 0. The highest BCUT2D eigenvalue weighted by Gasteiger charge is 2.30. The maximum Gasteiger partial charge on any atom is 0.197 e. The summed E-state index contributed by atoms with van der Waals surface area (Å²) in [6, 6.07) is 0. The average Bonchev–Trinajstić information content (AvgIpc) is 2.17. The predicted octanol–water partition coefficient (Wildman–Crippen LogP) is 2.06. The first kappa shape index (κ1) is 8.31. The average molecular weight is 154 g/mol. The molecule has 0 radical (unpaired) electrons. The molecule has 0 aromatic carbocycles. The van der Waals surface area contributed by atoms with E-state index in [2.05, 4.69) is 13.8 Å². The molecule has 2 heteroatoms. The second kappa shape index (κ2) is 2.68. The van der Waals surface area contributed by atoms with Crippen molar-refractivity contribution in [2.45, 2.75) is 27.2 Å². The van der Waals surface area contributed by atoms with Gasteiger partial charge in [0, 0.05) is 6.42 Å². The summed E-state index contributed by atoms with van der Waals surface area (Å²) in [5.74, 6) is 0.621. The van der Waals surface area contributed by atoms with Gasteiger partial charge in [0.2, 0.25) is 0 Å². The molecule has 0 unspecified atom stereocenters. The summed E-state index contributed by atoms with van der Waals surface area (Å²) in [5, 5.41) is 9.22. The quantitative estimate of drug-likeness (QED) is 0.627. The molecule has 0 heterocycles. The Morgan fingerprint density at radius 1 is 1.55 bits per heavy atom. The van der Waals surface area contributed by atoms with E-state index in [1.807, 2.05) is 6.92 Å². The molecule has 0 aromatic heterocycles. The van der Waals surface area contributed by atoms with Gasteiger partial charge in [0.05, 0.1) is 0 Å². The molecule has 1 atom stereocenters. The Labute approximate surface area is 66.9 Å². The van der Waals surface area contributed by atoms with Crippen molar-refractivity contribution in [1.82, 2.24) is 0 Å². The zero-order valence-electron chi connectivity index (χ0n) is 7.22. The molecule has 1 rings (SSSR count). The van der Waals surface area contributed by atoms with Gasteiger partial charge < -0.3 is 5.11 Å². The van der Waals surface area contributed by atoms with Crippen LogP contribution in [-0.4, -0.2) is 10.9 Å². The molecular weight excluding hydrogens is 140 g/mol. The predicted molar refractivity (Wildman–Crippen MR) is 43.3 cm³/mol. The van der Waals surface area contributed by atoms with Crippen LogP contribution < -0.4 is 0 Å². The van der Waals surface area contributed by atoms with Gasteiger partial charge in [0.15, 0.2) is 11.5 Å². The molecule has 1 aliphatic rings. The SMILES string of the molecule is CC1=C(O)C(=O)C[C@H]1C(C)C. The van der Waals surface area contributed by atoms with E-state index in [1.54, 1.807) is 0 Å². The number of ketones is 1. The molecule has 0 spiro atoms. The monoisotopic (exact) mass is 154 g/mol. The van der Waals surface area contributed by atoms with Crippen LogP contribution in [0.4, 0.5) is 0 Å². The second-order valence-electron chi connectivity index (χ2n) is 3.51. The molecule has 0 amide bonds. The van der Waals surface area contributed by atoms with Gasteiger partial charge in [-0.15, -0.1) is 0 Å². The topological polar surface area (TPSA) is 37.3 Å². The highest BCUT2D eigenvalue weighted by molar-refractivity contribution is 5.96. The lowest BCUT2D eigenvalue weighted by Gasteiger charge is -2.13. The Morgan fingerprint density at radius 3 is 2.27 bits per heavy atom. The van der Waals surface area contributed by atoms with Crippen LogP contribution >= 0.6 is 0 Å². The lowest BCUT2D eigenvalue weighted by atomic mass is 9.90. The number of aliphatic hydroxyl groups excluding tert-OH is 1. The van der Waals surface area contributed by atoms with Crippen molar-refractivity contribution in [1.29, 1.82) is 0 Å². The fourth-order valence-electron chi connectivity index (χ4n) is 1.58. The first-order chi connectivity index (χ1) is 5.04. The minimum absolute atomic E-state index is 0.00343. The Kier molecular flexibility index (Phi) is 2.03. The number of carbonyl (C=O) groups is 1. The van der Waals surface area contributed by atoms with Crippen LogP contribution in [0.2, 0.25) is 0 Å². The molecule has 0 bridgehead atoms. The number of hydrogen-bond acceptors (Lipinski definition) is 2. The molecule has 11 heavy (non-hydrogen) atoms. The number of Topliss-reactive ketones (excluding diaryl/α,β-unsaturated/α-hetero) is 1. The fraction of sp³-hybridized carbons (Fsp3) is 0.667. The molecule has 62 valence electrons. The first-order valence-corrected chi connectivity index (χ1v) is 3.97. The van der Waals surface area contributed by atoms with E-state index >= 15 is 0 Å². The number of allylic oxidation sites excluding steroid dienone is 2. The maximum absolute atomic E-state index is 11.0. The van der Waals surface area contributed by atoms with E-state index in [0.29, 0.717) is 12.3 Å². The highest BCUT2D eigenvalue weighted by Crippen LogP contribution is 2.32. The van der Waals surface area contributed by atoms with Crippen LogP contribution in [0.3, 0.4) is 0 Å². The third-order valence-corrected chi connectivity index (χ3v) is 2.40. The largest absolute Gasteiger partial charge is 0.504 e. The van der Waals surface area contributed by atoms with Gasteiger partial charge in [0.1, 0.15) is 0 Å². The Morgan fingerprint density at radius 2 is 2.09 bits per heavy atom. The van der Waals surface area contributed by atoms with Crippen molar-refractivity contribution in [2.75, 3.05) is 0 Å². The Hall–Kier alpha value is -0.790. The van der Waals surface area contributed by atoms with Crippen molar-refractivity contribution in [3.63, 3.8) is 0 Å². The van der Waals surface area contributed by atoms with Crippen LogP contribution in [0, 0.1) is 11.8 Å². The van der Waals surface area contributed by atoms with Gasteiger partial charge in [-0.1, -0.05) is 13.8 Å². The maximum atomic E-state index is 11.0. The van der Waals surface area contributed by atoms with Crippen molar-refractivity contribution >= 4 is 5.78 Å². The Balaban J connectivity index is 2.86. The summed E-state index contributed by atoms with van der Waals surface area (Å²) in [4.78, 5) is 11.0. The van der Waals surface area contributed by atoms with E-state index < -0.39 is 0 Å². The molecule has 0 aromatic rings. The van der Waals surface area contributed by atoms with E-state index in [9.17, 15) is 9.90 Å². The third kappa shape index (κ3) is 1.30. The number of aliphatic hydroxyl groups is 1. The molecule has 0 saturated heterocycles. The van der Waals surface area contributed by atoms with Gasteiger partial charge in [-0.05, 0) is 24.3 Å². The molecule has 0 aliphatic heterocycles. The van der Waals surface area contributed by atoms with Crippen LogP contribution in [-0.2, 0) is 4.79 Å². The molecule has 2 nitrogen and oxygen atoms in total. The minimum Gasteiger partial charge on any atom is -0.504 e. The number of carbonyl (C=O) groups excluding carboxylic acids is 1. The van der Waals surface area contributed by atoms with E-state index in [4.69, 9.17) is 0 Å². The normalized spacial score (nSPS) is 25.5. The highest BCUT2D eigenvalue weighted by atomic mass is 16.3. The molecule has 0 saturated carbocycles. The summed E-state index contributed by atoms with van der Waals surface area (Å²) in [6.45, 7) is 5.98. The summed E-state index contributed by atoms with van der Waals surface area (Å²) in [6.07, 6.45) is 0.495. The van der Waals surface area contributed by atoms with Crippen LogP contribution in [0.15, 0.2) is 11.3 Å². The summed E-state index contributed by atoms with van der Waals surface area (Å²) in [5.41, 5.74) is 0.866. The van der Waals surface area contributed by atoms with E-state index in [1.165, 1.54) is 0 Å². The van der Waals surface area contributed by atoms with Crippen LogP contribution in [0.1, 0.15) is 27.2 Å². The minimum atomic E-state index is -0.0961. The van der Waals surface area contributed by atoms with Crippen LogP contribution in [0.5, 0.6) is 0 Å². The summed E-state index contributed by atoms with van der Waals surface area (Å²) < 4.78 is 0. The van der Waals surface area contributed by atoms with E-state index in [0.717, 1.165) is 5.57 Å². The number of hydrogen-bond donors (Lipinski definition) is 1. The first-order valence-electron chi connectivity index (χ1n) is 3.97. The molecule has 1 N–H and O–H groups in total. The Bertz CT molecular complexity index is 214. The van der Waals surface area contributed by atoms with Crippen LogP contribution in [0.25, 0.3) is 0 Å². The van der Waals surface area contributed by atoms with E-state index in [-0.39, 0.29) is 17.5 Å². The molecule has 0 fully saturated rings. The van der Waals surface area contributed by atoms with Crippen molar-refractivity contribution in [2.24, 2.45) is 11.8 Å². The summed E-state index contributed by atoms with van der Waals surface area (Å²) in [7, 11) is 0. The van der Waals surface area contributed by atoms with Crippen molar-refractivity contribution in [3.8, 4) is 0 Å². The van der Waals surface area contributed by atoms with Crippen molar-refractivity contribution in [3.05, 3.63) is 11.3 Å². The lowest BCUT2D eigenvalue weighted by molar-refractivity contribution is -0.117. The fourth-order valence-corrected chi connectivity index (χ4v) is 1.58.